The van der Waals surface area contributed by atoms with Crippen LogP contribution in [-0.2, 0) is 21.2 Å². The van der Waals surface area contributed by atoms with Crippen molar-refractivity contribution in [2.24, 2.45) is 0 Å². The summed E-state index contributed by atoms with van der Waals surface area (Å²) in [6, 6.07) is 11.3. The molecule has 1 saturated heterocycles. The topological polar surface area (TPSA) is 108 Å². The number of nitrogens with one attached hydrogen (secondary N) is 2. The van der Waals surface area contributed by atoms with Gasteiger partial charge in [-0.15, -0.1) is 0 Å². The molecule has 27 heavy (non-hydrogen) atoms. The van der Waals surface area contributed by atoms with Crippen LogP contribution in [0.2, 0.25) is 0 Å². The number of pyridine rings is 1. The standard InChI is InChI=1S/C18H20N4O4S/c23-17-13-22(12-11-20-17)27(25,26)16-6-4-14(5-7-16)18(24)21-10-8-15-3-1-2-9-19-15/h1-7,9H,8,10-13H2,(H,20,23)(H,21,24). The van der Waals surface area contributed by atoms with Crippen molar-refractivity contribution in [1.29, 1.82) is 0 Å². The fourth-order valence-corrected chi connectivity index (χ4v) is 4.10. The fraction of sp³-hybridized carbons (Fsp3) is 0.278. The molecule has 2 heterocycles. The van der Waals surface area contributed by atoms with E-state index in [1.807, 2.05) is 18.2 Å². The Morgan fingerprint density at radius 3 is 2.63 bits per heavy atom. The number of hydrogen-bond acceptors (Lipinski definition) is 5. The molecule has 2 N–H and O–H groups in total. The summed E-state index contributed by atoms with van der Waals surface area (Å²) in [6.07, 6.45) is 2.30. The van der Waals surface area contributed by atoms with Crippen LogP contribution < -0.4 is 10.6 Å². The number of nitrogens with zero attached hydrogens (tertiary/aromatic N) is 2. The molecule has 0 spiro atoms. The molecule has 9 heteroatoms. The highest BCUT2D eigenvalue weighted by Gasteiger charge is 2.29. The molecule has 1 fully saturated rings. The number of benzene rings is 1. The van der Waals surface area contributed by atoms with Gasteiger partial charge in [0.2, 0.25) is 15.9 Å². The second-order valence-corrected chi connectivity index (χ2v) is 7.98. The number of carbonyl (C=O) groups is 2. The average Bonchev–Trinajstić information content (AvgIpc) is 2.69. The minimum atomic E-state index is -3.76. The normalized spacial score (nSPS) is 15.2. The van der Waals surface area contributed by atoms with Crippen molar-refractivity contribution < 1.29 is 18.0 Å². The van der Waals surface area contributed by atoms with Crippen LogP contribution in [0.4, 0.5) is 0 Å². The summed E-state index contributed by atoms with van der Waals surface area (Å²) in [5.41, 5.74) is 1.25. The van der Waals surface area contributed by atoms with Gasteiger partial charge in [-0.25, -0.2) is 8.42 Å². The molecular weight excluding hydrogens is 368 g/mol. The van der Waals surface area contributed by atoms with Crippen LogP contribution in [0.25, 0.3) is 0 Å². The summed E-state index contributed by atoms with van der Waals surface area (Å²) in [4.78, 5) is 27.9. The second kappa shape index (κ2) is 8.28. The Labute approximate surface area is 157 Å². The van der Waals surface area contributed by atoms with Crippen LogP contribution in [0.1, 0.15) is 16.1 Å². The Kier molecular flexibility index (Phi) is 5.82. The minimum Gasteiger partial charge on any atom is -0.354 e. The molecule has 0 bridgehead atoms. The molecule has 8 nitrogen and oxygen atoms in total. The lowest BCUT2D eigenvalue weighted by molar-refractivity contribution is -0.122. The van der Waals surface area contributed by atoms with Crippen molar-refractivity contribution in [1.82, 2.24) is 19.9 Å². The van der Waals surface area contributed by atoms with Crippen LogP contribution in [0.3, 0.4) is 0 Å². The first-order chi connectivity index (χ1) is 13.0. The van der Waals surface area contributed by atoms with Crippen molar-refractivity contribution in [3.63, 3.8) is 0 Å². The highest BCUT2D eigenvalue weighted by Crippen LogP contribution is 2.17. The lowest BCUT2D eigenvalue weighted by Gasteiger charge is -2.25. The molecule has 0 unspecified atom stereocenters. The van der Waals surface area contributed by atoms with Crippen LogP contribution in [0.5, 0.6) is 0 Å². The third kappa shape index (κ3) is 4.69. The number of carbonyl (C=O) groups excluding carboxylic acids is 2. The van der Waals surface area contributed by atoms with Gasteiger partial charge in [-0.1, -0.05) is 6.07 Å². The third-order valence-electron chi connectivity index (χ3n) is 4.15. The Bertz CT molecular complexity index is 914. The highest BCUT2D eigenvalue weighted by atomic mass is 32.2. The number of sulfonamides is 1. The second-order valence-electron chi connectivity index (χ2n) is 6.04. The molecule has 1 aliphatic rings. The van der Waals surface area contributed by atoms with Gasteiger partial charge in [-0.05, 0) is 36.4 Å². The van der Waals surface area contributed by atoms with Crippen molar-refractivity contribution in [2.45, 2.75) is 11.3 Å². The fourth-order valence-electron chi connectivity index (χ4n) is 2.70. The van der Waals surface area contributed by atoms with Crippen LogP contribution in [-0.4, -0.2) is 55.7 Å². The zero-order chi connectivity index (χ0) is 19.3. The number of piperazine rings is 1. The molecule has 3 rings (SSSR count). The number of amides is 2. The van der Waals surface area contributed by atoms with Gasteiger partial charge in [0.25, 0.3) is 5.91 Å². The van der Waals surface area contributed by atoms with E-state index in [0.29, 0.717) is 18.5 Å². The molecule has 0 aliphatic carbocycles. The monoisotopic (exact) mass is 388 g/mol. The van der Waals surface area contributed by atoms with E-state index >= 15 is 0 Å². The minimum absolute atomic E-state index is 0.0576. The van der Waals surface area contributed by atoms with Crippen molar-refractivity contribution in [3.05, 3.63) is 59.9 Å². The Morgan fingerprint density at radius 1 is 1.19 bits per heavy atom. The van der Waals surface area contributed by atoms with Gasteiger partial charge in [-0.2, -0.15) is 4.31 Å². The maximum atomic E-state index is 12.6. The highest BCUT2D eigenvalue weighted by molar-refractivity contribution is 7.89. The largest absolute Gasteiger partial charge is 0.354 e. The smallest absolute Gasteiger partial charge is 0.251 e. The molecule has 1 aromatic carbocycles. The average molecular weight is 388 g/mol. The van der Waals surface area contributed by atoms with Gasteiger partial charge in [0.15, 0.2) is 0 Å². The lowest BCUT2D eigenvalue weighted by atomic mass is 10.2. The van der Waals surface area contributed by atoms with Gasteiger partial charge in [-0.3, -0.25) is 14.6 Å². The summed E-state index contributed by atoms with van der Waals surface area (Å²) in [7, 11) is -3.76. The van der Waals surface area contributed by atoms with Gasteiger partial charge in [0.05, 0.1) is 11.4 Å². The van der Waals surface area contributed by atoms with E-state index in [1.165, 1.54) is 24.3 Å². The van der Waals surface area contributed by atoms with Crippen LogP contribution in [0.15, 0.2) is 53.6 Å². The van der Waals surface area contributed by atoms with Crippen molar-refractivity contribution in [2.75, 3.05) is 26.2 Å². The summed E-state index contributed by atoms with van der Waals surface area (Å²) in [5, 5.41) is 5.37. The number of hydrogen-bond donors (Lipinski definition) is 2. The number of aromatic nitrogens is 1. The van der Waals surface area contributed by atoms with Gasteiger partial charge < -0.3 is 10.6 Å². The SMILES string of the molecule is O=C1CN(S(=O)(=O)c2ccc(C(=O)NCCc3ccccn3)cc2)CCN1. The molecule has 142 valence electrons. The van der Waals surface area contributed by atoms with E-state index in [-0.39, 0.29) is 36.3 Å². The van der Waals surface area contributed by atoms with Crippen molar-refractivity contribution >= 4 is 21.8 Å². The summed E-state index contributed by atoms with van der Waals surface area (Å²) in [5.74, 6) is -0.610. The predicted octanol–water partition coefficient (Wildman–Crippen LogP) is 0.175. The summed E-state index contributed by atoms with van der Waals surface area (Å²) < 4.78 is 26.3. The van der Waals surface area contributed by atoms with Gasteiger partial charge in [0.1, 0.15) is 0 Å². The van der Waals surface area contributed by atoms with E-state index in [0.717, 1.165) is 10.00 Å². The third-order valence-corrected chi connectivity index (χ3v) is 6.01. The first-order valence-corrected chi connectivity index (χ1v) is 9.96. The van der Waals surface area contributed by atoms with E-state index in [9.17, 15) is 18.0 Å². The zero-order valence-corrected chi connectivity index (χ0v) is 15.4. The first kappa shape index (κ1) is 19.0. The Morgan fingerprint density at radius 2 is 1.96 bits per heavy atom. The summed E-state index contributed by atoms with van der Waals surface area (Å²) >= 11 is 0. The van der Waals surface area contributed by atoms with E-state index in [2.05, 4.69) is 15.6 Å². The molecule has 1 aromatic heterocycles. The quantitative estimate of drug-likeness (QED) is 0.734. The van der Waals surface area contributed by atoms with E-state index in [4.69, 9.17) is 0 Å². The predicted molar refractivity (Wildman–Crippen MR) is 98.5 cm³/mol. The molecule has 0 atom stereocenters. The van der Waals surface area contributed by atoms with E-state index in [1.54, 1.807) is 6.20 Å². The maximum absolute atomic E-state index is 12.6. The molecular formula is C18H20N4O4S. The molecule has 1 aliphatic heterocycles. The molecule has 2 amide bonds. The zero-order valence-electron chi connectivity index (χ0n) is 14.6. The molecule has 0 radical (unpaired) electrons. The maximum Gasteiger partial charge on any atom is 0.251 e. The van der Waals surface area contributed by atoms with Crippen molar-refractivity contribution in [3.8, 4) is 0 Å². The van der Waals surface area contributed by atoms with Crippen LogP contribution >= 0.6 is 0 Å². The Hall–Kier alpha value is -2.78. The molecule has 2 aromatic rings. The summed E-state index contributed by atoms with van der Waals surface area (Å²) in [6.45, 7) is 0.746. The lowest BCUT2D eigenvalue weighted by Crippen LogP contribution is -2.49. The molecule has 0 saturated carbocycles. The Balaban J connectivity index is 1.60. The first-order valence-electron chi connectivity index (χ1n) is 8.52. The number of rotatable bonds is 6. The van der Waals surface area contributed by atoms with E-state index < -0.39 is 10.0 Å². The van der Waals surface area contributed by atoms with Crippen LogP contribution in [0, 0.1) is 0 Å². The van der Waals surface area contributed by atoms with Gasteiger partial charge in [0, 0.05) is 43.5 Å². The van der Waals surface area contributed by atoms with Gasteiger partial charge >= 0.3 is 0 Å².